The Morgan fingerprint density at radius 1 is 1.03 bits per heavy atom. The number of carbonyl (C=O) groups excluding carboxylic acids is 1. The molecular formula is C20H16F6N4O. The lowest BCUT2D eigenvalue weighted by Crippen LogP contribution is -2.15. The fourth-order valence-corrected chi connectivity index (χ4v) is 2.82. The fourth-order valence-electron chi connectivity index (χ4n) is 2.82. The lowest BCUT2D eigenvalue weighted by atomic mass is 10.1. The highest BCUT2D eigenvalue weighted by molar-refractivity contribution is 5.91. The topological polar surface area (TPSA) is 59.8 Å². The summed E-state index contributed by atoms with van der Waals surface area (Å²) >= 11 is 0. The SMILES string of the molecule is Cc1cn(-c2ccc(NC(=O)CCc3ccc(C(F)(F)F)cn3)cc2C(F)(F)F)cn1. The Kier molecular flexibility index (Phi) is 6.05. The number of amides is 1. The first-order valence-electron chi connectivity index (χ1n) is 8.97. The van der Waals surface area contributed by atoms with Gasteiger partial charge in [-0.1, -0.05) is 0 Å². The molecule has 0 aliphatic heterocycles. The van der Waals surface area contributed by atoms with Gasteiger partial charge in [-0.25, -0.2) is 4.98 Å². The molecule has 5 nitrogen and oxygen atoms in total. The molecule has 0 saturated carbocycles. The molecule has 3 rings (SSSR count). The number of carbonyl (C=O) groups is 1. The van der Waals surface area contributed by atoms with Crippen molar-refractivity contribution in [3.8, 4) is 5.69 Å². The Bertz CT molecular complexity index is 1070. The van der Waals surface area contributed by atoms with Crippen molar-refractivity contribution in [2.75, 3.05) is 5.32 Å². The molecule has 0 fully saturated rings. The predicted molar refractivity (Wildman–Crippen MR) is 99.5 cm³/mol. The third kappa shape index (κ3) is 5.62. The molecule has 1 amide bonds. The van der Waals surface area contributed by atoms with Crippen LogP contribution < -0.4 is 5.32 Å². The fraction of sp³-hybridized carbons (Fsp3) is 0.250. The zero-order valence-electron chi connectivity index (χ0n) is 16.1. The lowest BCUT2D eigenvalue weighted by Gasteiger charge is -2.15. The van der Waals surface area contributed by atoms with Gasteiger partial charge in [0.15, 0.2) is 0 Å². The van der Waals surface area contributed by atoms with Gasteiger partial charge in [0.25, 0.3) is 0 Å². The van der Waals surface area contributed by atoms with Crippen molar-refractivity contribution in [2.24, 2.45) is 0 Å². The van der Waals surface area contributed by atoms with Crippen LogP contribution in [0.1, 0.15) is 28.9 Å². The maximum atomic E-state index is 13.5. The molecule has 0 aliphatic carbocycles. The summed E-state index contributed by atoms with van der Waals surface area (Å²) in [4.78, 5) is 19.7. The number of rotatable bonds is 5. The van der Waals surface area contributed by atoms with Gasteiger partial charge in [0.05, 0.1) is 28.8 Å². The van der Waals surface area contributed by atoms with Crippen LogP contribution >= 0.6 is 0 Å². The van der Waals surface area contributed by atoms with Crippen LogP contribution in [0.2, 0.25) is 0 Å². The molecule has 11 heteroatoms. The Balaban J connectivity index is 1.70. The van der Waals surface area contributed by atoms with Gasteiger partial charge in [0.2, 0.25) is 5.91 Å². The molecule has 31 heavy (non-hydrogen) atoms. The van der Waals surface area contributed by atoms with Crippen LogP contribution in [0.5, 0.6) is 0 Å². The molecule has 3 aromatic rings. The molecule has 2 heterocycles. The Morgan fingerprint density at radius 3 is 2.32 bits per heavy atom. The molecule has 0 radical (unpaired) electrons. The number of halogens is 6. The zero-order chi connectivity index (χ0) is 22.8. The van der Waals surface area contributed by atoms with Crippen LogP contribution in [0, 0.1) is 6.92 Å². The summed E-state index contributed by atoms with van der Waals surface area (Å²) in [6.45, 7) is 1.64. The smallest absolute Gasteiger partial charge is 0.326 e. The second-order valence-electron chi connectivity index (χ2n) is 6.74. The molecular weight excluding hydrogens is 426 g/mol. The van der Waals surface area contributed by atoms with Gasteiger partial charge in [-0.05, 0) is 43.7 Å². The largest absolute Gasteiger partial charge is 0.418 e. The number of imidazole rings is 1. The molecule has 2 aromatic heterocycles. The van der Waals surface area contributed by atoms with Gasteiger partial charge in [-0.15, -0.1) is 0 Å². The monoisotopic (exact) mass is 442 g/mol. The van der Waals surface area contributed by atoms with Crippen LogP contribution in [-0.4, -0.2) is 20.4 Å². The predicted octanol–water partition coefficient (Wildman–Crippen LogP) is 5.18. The van der Waals surface area contributed by atoms with Crippen LogP contribution in [0.25, 0.3) is 5.69 Å². The normalized spacial score (nSPS) is 12.1. The number of nitrogens with one attached hydrogen (secondary N) is 1. The van der Waals surface area contributed by atoms with Gasteiger partial charge in [0.1, 0.15) is 0 Å². The molecule has 0 spiro atoms. The van der Waals surface area contributed by atoms with Crippen molar-refractivity contribution >= 4 is 11.6 Å². The number of nitrogens with zero attached hydrogens (tertiary/aromatic N) is 3. The van der Waals surface area contributed by atoms with E-state index in [4.69, 9.17) is 0 Å². The van der Waals surface area contributed by atoms with Gasteiger partial charge in [-0.3, -0.25) is 9.78 Å². The third-order valence-electron chi connectivity index (χ3n) is 4.34. The number of aryl methyl sites for hydroxylation is 2. The summed E-state index contributed by atoms with van der Waals surface area (Å²) in [6, 6.07) is 5.37. The minimum Gasteiger partial charge on any atom is -0.326 e. The molecule has 0 bridgehead atoms. The molecule has 0 saturated heterocycles. The molecule has 1 N–H and O–H groups in total. The van der Waals surface area contributed by atoms with E-state index in [2.05, 4.69) is 15.3 Å². The van der Waals surface area contributed by atoms with E-state index in [1.165, 1.54) is 29.2 Å². The number of anilines is 1. The molecule has 0 aliphatic rings. The van der Waals surface area contributed by atoms with E-state index in [0.717, 1.165) is 18.2 Å². The number of benzene rings is 1. The highest BCUT2D eigenvalue weighted by Gasteiger charge is 2.34. The first-order chi connectivity index (χ1) is 14.4. The van der Waals surface area contributed by atoms with Crippen molar-refractivity contribution < 1.29 is 31.1 Å². The van der Waals surface area contributed by atoms with Crippen LogP contribution in [0.4, 0.5) is 32.0 Å². The minimum absolute atomic E-state index is 0.0303. The first-order valence-corrected chi connectivity index (χ1v) is 8.97. The average Bonchev–Trinajstić information content (AvgIpc) is 3.11. The van der Waals surface area contributed by atoms with Crippen molar-refractivity contribution in [1.29, 1.82) is 0 Å². The molecule has 164 valence electrons. The van der Waals surface area contributed by atoms with Crippen LogP contribution in [0.15, 0.2) is 49.1 Å². The van der Waals surface area contributed by atoms with Crippen molar-refractivity contribution in [3.05, 3.63) is 71.6 Å². The molecule has 0 atom stereocenters. The van der Waals surface area contributed by atoms with E-state index in [1.807, 2.05) is 0 Å². The van der Waals surface area contributed by atoms with Gasteiger partial charge in [0, 0.05) is 30.2 Å². The number of aromatic nitrogens is 3. The highest BCUT2D eigenvalue weighted by atomic mass is 19.4. The quantitative estimate of drug-likeness (QED) is 0.554. The Labute approximate surface area is 172 Å². The van der Waals surface area contributed by atoms with Crippen LogP contribution in [-0.2, 0) is 23.6 Å². The van der Waals surface area contributed by atoms with Crippen molar-refractivity contribution in [2.45, 2.75) is 32.1 Å². The van der Waals surface area contributed by atoms with E-state index in [0.29, 0.717) is 11.9 Å². The standard InChI is InChI=1S/C20H16F6N4O/c1-12-10-30(11-28-12)17-6-4-15(8-16(17)20(24,25)26)29-18(31)7-5-14-3-2-13(9-27-14)19(21,22)23/h2-4,6,8-11H,5,7H2,1H3,(H,29,31). The van der Waals surface area contributed by atoms with Gasteiger partial charge < -0.3 is 9.88 Å². The van der Waals surface area contributed by atoms with Crippen LogP contribution in [0.3, 0.4) is 0 Å². The summed E-state index contributed by atoms with van der Waals surface area (Å²) < 4.78 is 79.4. The van der Waals surface area contributed by atoms with E-state index in [-0.39, 0.29) is 29.9 Å². The maximum absolute atomic E-state index is 13.5. The third-order valence-corrected chi connectivity index (χ3v) is 4.34. The number of pyridine rings is 1. The van der Waals surface area contributed by atoms with Crippen molar-refractivity contribution in [3.63, 3.8) is 0 Å². The highest BCUT2D eigenvalue weighted by Crippen LogP contribution is 2.36. The number of hydrogen-bond acceptors (Lipinski definition) is 3. The second-order valence-corrected chi connectivity index (χ2v) is 6.74. The Hall–Kier alpha value is -3.37. The Morgan fingerprint density at radius 2 is 1.77 bits per heavy atom. The minimum atomic E-state index is -4.67. The molecule has 1 aromatic carbocycles. The van der Waals surface area contributed by atoms with Crippen molar-refractivity contribution in [1.82, 2.24) is 14.5 Å². The summed E-state index contributed by atoms with van der Waals surface area (Å²) in [7, 11) is 0. The first kappa shape index (κ1) is 22.3. The number of alkyl halides is 6. The number of hydrogen-bond donors (Lipinski definition) is 1. The summed E-state index contributed by atoms with van der Waals surface area (Å²) in [5, 5.41) is 2.37. The zero-order valence-corrected chi connectivity index (χ0v) is 16.1. The van der Waals surface area contributed by atoms with E-state index in [1.54, 1.807) is 6.92 Å². The summed E-state index contributed by atoms with van der Waals surface area (Å²) in [5.74, 6) is -0.596. The molecule has 0 unspecified atom stereocenters. The van der Waals surface area contributed by atoms with E-state index < -0.39 is 29.4 Å². The van der Waals surface area contributed by atoms with E-state index in [9.17, 15) is 31.1 Å². The second kappa shape index (κ2) is 8.40. The van der Waals surface area contributed by atoms with Gasteiger partial charge in [-0.2, -0.15) is 26.3 Å². The summed E-state index contributed by atoms with van der Waals surface area (Å²) in [6.07, 6.45) is -5.95. The van der Waals surface area contributed by atoms with E-state index >= 15 is 0 Å². The maximum Gasteiger partial charge on any atom is 0.418 e. The van der Waals surface area contributed by atoms with Gasteiger partial charge >= 0.3 is 12.4 Å². The average molecular weight is 442 g/mol. The summed E-state index contributed by atoms with van der Waals surface area (Å²) in [5.41, 5.74) is -1.26. The lowest BCUT2D eigenvalue weighted by molar-refractivity contribution is -0.138.